The topological polar surface area (TPSA) is 208 Å². The molecule has 4 aromatic rings. The molecule has 0 spiro atoms. The van der Waals surface area contributed by atoms with E-state index >= 15 is 0 Å². The maximum absolute atomic E-state index is 13.3. The molecule has 2 aromatic carbocycles. The third-order valence-electron chi connectivity index (χ3n) is 9.95. The Bertz CT molecular complexity index is 2250. The second-order valence-corrected chi connectivity index (χ2v) is 15.5. The molecule has 2 aliphatic rings. The van der Waals surface area contributed by atoms with Crippen LogP contribution >= 0.6 is 22.9 Å². The minimum Gasteiger partial charge on any atom is -0.483 e. The summed E-state index contributed by atoms with van der Waals surface area (Å²) in [6.07, 6.45) is 3.58. The number of nitrogens with one attached hydrogen (secondary N) is 2. The summed E-state index contributed by atoms with van der Waals surface area (Å²) in [7, 11) is 0. The standard InChI is InChI=1S/C40H43ClN8O7S/c1-22-23(2)57-40-33(22)35(25-13-15-26(41)16-14-25)45-28(37-47-46-24(3)48(37)40)20-31(51)43-17-6-4-5-7-18-44-32(52)21-56-30-12-8-10-27-34(30)39(55)49(38(27)54)29(36(42)53)11-9-19-50/h8,10,12-16,19,28-29H,4-7,9,11,17-18,20-21H2,1-3H3,(H2,42,53)(H,43,51)(H,44,52). The van der Waals surface area contributed by atoms with E-state index in [0.717, 1.165) is 62.3 Å². The molecule has 5 amide bonds. The Morgan fingerprint density at radius 3 is 2.33 bits per heavy atom. The zero-order valence-corrected chi connectivity index (χ0v) is 33.4. The van der Waals surface area contributed by atoms with Crippen molar-refractivity contribution in [2.45, 2.75) is 77.8 Å². The molecule has 4 heterocycles. The highest BCUT2D eigenvalue weighted by Gasteiger charge is 2.44. The van der Waals surface area contributed by atoms with Gasteiger partial charge < -0.3 is 25.9 Å². The number of hydrogen-bond donors (Lipinski definition) is 3. The number of amides is 5. The fraction of sp³-hybridized carbons (Fsp3) is 0.375. The molecule has 0 saturated heterocycles. The van der Waals surface area contributed by atoms with Gasteiger partial charge in [0.25, 0.3) is 17.7 Å². The Kier molecular flexibility index (Phi) is 12.9. The molecule has 57 heavy (non-hydrogen) atoms. The van der Waals surface area contributed by atoms with E-state index in [1.807, 2.05) is 35.8 Å². The molecule has 0 bridgehead atoms. The minimum atomic E-state index is -1.29. The fourth-order valence-electron chi connectivity index (χ4n) is 6.93. The van der Waals surface area contributed by atoms with Gasteiger partial charge in [0.15, 0.2) is 12.4 Å². The van der Waals surface area contributed by atoms with Crippen molar-refractivity contribution in [3.05, 3.63) is 91.8 Å². The Morgan fingerprint density at radius 1 is 0.947 bits per heavy atom. The lowest BCUT2D eigenvalue weighted by atomic mass is 9.99. The van der Waals surface area contributed by atoms with Crippen molar-refractivity contribution < 1.29 is 33.5 Å². The van der Waals surface area contributed by atoms with Crippen LogP contribution in [0.4, 0.5) is 0 Å². The molecular weight excluding hydrogens is 772 g/mol. The third-order valence-corrected chi connectivity index (χ3v) is 11.4. The SMILES string of the molecule is Cc1sc2c(c1C)C(c1ccc(Cl)cc1)=NC(CC(=O)NCCCCCCNC(=O)COc1cccc3c1C(=O)N(C(CCC=O)C(N)=O)C3=O)c1nnc(C)n1-2. The van der Waals surface area contributed by atoms with Crippen LogP contribution in [-0.4, -0.2) is 86.9 Å². The number of nitrogens with two attached hydrogens (primary N) is 1. The Balaban J connectivity index is 0.950. The summed E-state index contributed by atoms with van der Waals surface area (Å²) < 4.78 is 7.64. The van der Waals surface area contributed by atoms with Crippen molar-refractivity contribution in [1.29, 1.82) is 0 Å². The van der Waals surface area contributed by atoms with Gasteiger partial charge in [0.05, 0.1) is 23.3 Å². The normalized spacial score (nSPS) is 14.9. The lowest BCUT2D eigenvalue weighted by molar-refractivity contribution is -0.123. The van der Waals surface area contributed by atoms with Gasteiger partial charge in [-0.1, -0.05) is 42.6 Å². The highest BCUT2D eigenvalue weighted by atomic mass is 35.5. The van der Waals surface area contributed by atoms with E-state index in [1.165, 1.54) is 18.2 Å². The Morgan fingerprint density at radius 2 is 1.65 bits per heavy atom. The van der Waals surface area contributed by atoms with Gasteiger partial charge in [-0.2, -0.15) is 0 Å². The number of benzene rings is 2. The van der Waals surface area contributed by atoms with Gasteiger partial charge in [0, 0.05) is 40.5 Å². The van der Waals surface area contributed by atoms with Crippen LogP contribution in [0.2, 0.25) is 5.02 Å². The van der Waals surface area contributed by atoms with Crippen LogP contribution in [0.25, 0.3) is 5.00 Å². The predicted octanol–water partition coefficient (Wildman–Crippen LogP) is 4.49. The second-order valence-electron chi connectivity index (χ2n) is 13.8. The number of carbonyl (C=O) groups excluding carboxylic acids is 6. The first kappa shape index (κ1) is 40.9. The van der Waals surface area contributed by atoms with Crippen LogP contribution < -0.4 is 21.1 Å². The number of halogens is 1. The van der Waals surface area contributed by atoms with Gasteiger partial charge in [-0.25, -0.2) is 0 Å². The number of imide groups is 1. The maximum Gasteiger partial charge on any atom is 0.266 e. The summed E-state index contributed by atoms with van der Waals surface area (Å²) in [5.74, 6) is -1.61. The Hall–Kier alpha value is -5.74. The van der Waals surface area contributed by atoms with Gasteiger partial charge in [-0.3, -0.25) is 38.4 Å². The van der Waals surface area contributed by atoms with E-state index in [-0.39, 0.29) is 42.0 Å². The average Bonchev–Trinajstić information content (AvgIpc) is 3.76. The number of nitrogens with zero attached hydrogens (tertiary/aromatic N) is 5. The largest absolute Gasteiger partial charge is 0.483 e. The lowest BCUT2D eigenvalue weighted by Crippen LogP contribution is -2.47. The van der Waals surface area contributed by atoms with Crippen LogP contribution in [0.1, 0.15) is 105 Å². The van der Waals surface area contributed by atoms with Crippen LogP contribution in [0.15, 0.2) is 47.5 Å². The number of ether oxygens (including phenoxy) is 1. The number of carbonyl (C=O) groups is 6. The lowest BCUT2D eigenvalue weighted by Gasteiger charge is -2.22. The summed E-state index contributed by atoms with van der Waals surface area (Å²) >= 11 is 7.86. The number of rotatable bonds is 18. The average molecular weight is 815 g/mol. The molecule has 0 fully saturated rings. The van der Waals surface area contributed by atoms with Crippen molar-refractivity contribution in [2.75, 3.05) is 19.7 Å². The van der Waals surface area contributed by atoms with Crippen LogP contribution in [0.5, 0.6) is 5.75 Å². The van der Waals surface area contributed by atoms with E-state index in [4.69, 9.17) is 27.1 Å². The number of hydrogen-bond acceptors (Lipinski definition) is 11. The van der Waals surface area contributed by atoms with Crippen molar-refractivity contribution in [3.8, 4) is 10.8 Å². The summed E-state index contributed by atoms with van der Waals surface area (Å²) in [5.41, 5.74) is 9.19. The smallest absolute Gasteiger partial charge is 0.266 e. The number of aldehydes is 1. The third kappa shape index (κ3) is 8.81. The van der Waals surface area contributed by atoms with Crippen LogP contribution in [0.3, 0.4) is 0 Å². The van der Waals surface area contributed by atoms with Crippen molar-refractivity contribution in [2.24, 2.45) is 10.7 Å². The van der Waals surface area contributed by atoms with E-state index in [1.54, 1.807) is 11.3 Å². The number of aryl methyl sites for hydroxylation is 2. The number of primary amides is 1. The van der Waals surface area contributed by atoms with Crippen LogP contribution in [0, 0.1) is 20.8 Å². The predicted molar refractivity (Wildman–Crippen MR) is 213 cm³/mol. The number of aliphatic imine (C=N–C) groups is 1. The van der Waals surface area contributed by atoms with E-state index in [2.05, 4.69) is 34.7 Å². The van der Waals surface area contributed by atoms with Crippen molar-refractivity contribution in [1.82, 2.24) is 30.3 Å². The molecule has 298 valence electrons. The van der Waals surface area contributed by atoms with Crippen LogP contribution in [-0.2, 0) is 19.2 Å². The van der Waals surface area contributed by atoms with Gasteiger partial charge in [-0.05, 0) is 69.9 Å². The quantitative estimate of drug-likeness (QED) is 0.0734. The molecule has 0 radical (unpaired) electrons. The van der Waals surface area contributed by atoms with Gasteiger partial charge in [0.2, 0.25) is 11.8 Å². The number of unbranched alkanes of at least 4 members (excludes halogenated alkanes) is 3. The van der Waals surface area contributed by atoms with Gasteiger partial charge in [-0.15, -0.1) is 21.5 Å². The summed E-state index contributed by atoms with van der Waals surface area (Å²) in [5, 5.41) is 16.2. The minimum absolute atomic E-state index is 0.0227. The molecule has 2 unspecified atom stereocenters. The summed E-state index contributed by atoms with van der Waals surface area (Å²) in [4.78, 5) is 81.9. The van der Waals surface area contributed by atoms with Gasteiger partial charge in [0.1, 0.15) is 34.9 Å². The maximum atomic E-state index is 13.3. The van der Waals surface area contributed by atoms with E-state index in [9.17, 15) is 28.8 Å². The molecular formula is C40H43ClN8O7S. The highest BCUT2D eigenvalue weighted by molar-refractivity contribution is 7.15. The molecule has 17 heteroatoms. The molecule has 0 aliphatic carbocycles. The molecule has 15 nitrogen and oxygen atoms in total. The molecule has 2 aromatic heterocycles. The Labute approximate surface area is 338 Å². The van der Waals surface area contributed by atoms with E-state index < -0.39 is 42.3 Å². The summed E-state index contributed by atoms with van der Waals surface area (Å²) in [6.45, 7) is 6.53. The molecule has 2 atom stereocenters. The highest BCUT2D eigenvalue weighted by Crippen LogP contribution is 2.40. The fourth-order valence-corrected chi connectivity index (χ4v) is 8.27. The zero-order valence-electron chi connectivity index (χ0n) is 31.8. The number of aromatic nitrogens is 3. The van der Waals surface area contributed by atoms with Crippen molar-refractivity contribution in [3.63, 3.8) is 0 Å². The second kappa shape index (κ2) is 18.0. The van der Waals surface area contributed by atoms with Gasteiger partial charge >= 0.3 is 0 Å². The number of thiophene rings is 1. The summed E-state index contributed by atoms with van der Waals surface area (Å²) in [6, 6.07) is 10.1. The molecule has 0 saturated carbocycles. The molecule has 4 N–H and O–H groups in total. The number of fused-ring (bicyclic) bond motifs is 4. The monoisotopic (exact) mass is 814 g/mol. The van der Waals surface area contributed by atoms with Crippen molar-refractivity contribution >= 4 is 64.5 Å². The molecule has 6 rings (SSSR count). The van der Waals surface area contributed by atoms with E-state index in [0.29, 0.717) is 36.6 Å². The first-order valence-corrected chi connectivity index (χ1v) is 19.9. The molecule has 2 aliphatic heterocycles. The zero-order chi connectivity index (χ0) is 40.8. The first-order valence-electron chi connectivity index (χ1n) is 18.7. The first-order chi connectivity index (χ1) is 27.4.